The Bertz CT molecular complexity index is 669. The predicted molar refractivity (Wildman–Crippen MR) is 99.7 cm³/mol. The molecule has 1 amide bonds. The van der Waals surface area contributed by atoms with Gasteiger partial charge >= 0.3 is 0 Å². The zero-order chi connectivity index (χ0) is 17.5. The number of hydrogen-bond acceptors (Lipinski definition) is 5. The molecule has 0 saturated carbocycles. The van der Waals surface area contributed by atoms with Crippen LogP contribution in [0.2, 0.25) is 0 Å². The molecule has 0 radical (unpaired) electrons. The Morgan fingerprint density at radius 3 is 3.00 bits per heavy atom. The van der Waals surface area contributed by atoms with Gasteiger partial charge in [0.15, 0.2) is 5.69 Å². The van der Waals surface area contributed by atoms with Gasteiger partial charge in [0.25, 0.3) is 5.91 Å². The molecule has 0 spiro atoms. The minimum absolute atomic E-state index is 0.0679. The van der Waals surface area contributed by atoms with Crippen LogP contribution >= 0.6 is 11.8 Å². The molecule has 0 bridgehead atoms. The first-order valence-corrected chi connectivity index (χ1v) is 9.75. The minimum Gasteiger partial charge on any atom is -0.339 e. The first kappa shape index (κ1) is 17.9. The van der Waals surface area contributed by atoms with E-state index in [0.717, 1.165) is 25.4 Å². The largest absolute Gasteiger partial charge is 0.339 e. The first-order valence-electron chi connectivity index (χ1n) is 8.76. The number of piperidine rings is 1. The summed E-state index contributed by atoms with van der Waals surface area (Å²) in [5.41, 5.74) is 0.427. The van der Waals surface area contributed by atoms with Crippen LogP contribution in [0.4, 0.5) is 0 Å². The van der Waals surface area contributed by atoms with Crippen molar-refractivity contribution in [2.75, 3.05) is 32.4 Å². The van der Waals surface area contributed by atoms with Crippen LogP contribution < -0.4 is 5.32 Å². The maximum Gasteiger partial charge on any atom is 0.275 e. The molecule has 134 valence electrons. The summed E-state index contributed by atoms with van der Waals surface area (Å²) in [5, 5.41) is 11.6. The van der Waals surface area contributed by atoms with Crippen molar-refractivity contribution < 1.29 is 4.79 Å². The SMILES string of the molecule is CN(CCSc1ccccc1)C(=O)c1cn(CC2CCCNC2)nn1. The van der Waals surface area contributed by atoms with Gasteiger partial charge in [0.05, 0.1) is 6.20 Å². The Labute approximate surface area is 153 Å². The van der Waals surface area contributed by atoms with E-state index >= 15 is 0 Å². The van der Waals surface area contributed by atoms with Gasteiger partial charge in [0.2, 0.25) is 0 Å². The normalized spacial score (nSPS) is 17.4. The number of benzene rings is 1. The van der Waals surface area contributed by atoms with Crippen LogP contribution in [0, 0.1) is 5.92 Å². The molecule has 1 fully saturated rings. The molecule has 1 aliphatic rings. The van der Waals surface area contributed by atoms with Crippen LogP contribution in [0.1, 0.15) is 23.3 Å². The van der Waals surface area contributed by atoms with Gasteiger partial charge in [-0.3, -0.25) is 9.48 Å². The molecule has 1 saturated heterocycles. The summed E-state index contributed by atoms with van der Waals surface area (Å²) in [4.78, 5) is 15.4. The summed E-state index contributed by atoms with van der Waals surface area (Å²) in [6.07, 6.45) is 4.18. The third-order valence-electron chi connectivity index (χ3n) is 4.39. The molecule has 0 aliphatic carbocycles. The van der Waals surface area contributed by atoms with Gasteiger partial charge in [-0.15, -0.1) is 16.9 Å². The Kier molecular flexibility index (Phi) is 6.47. The summed E-state index contributed by atoms with van der Waals surface area (Å²) >= 11 is 1.75. The lowest BCUT2D eigenvalue weighted by molar-refractivity contribution is 0.0798. The molecule has 1 atom stereocenters. The van der Waals surface area contributed by atoms with Gasteiger partial charge < -0.3 is 10.2 Å². The van der Waals surface area contributed by atoms with Gasteiger partial charge in [0.1, 0.15) is 0 Å². The fraction of sp³-hybridized carbons (Fsp3) is 0.500. The molecule has 3 rings (SSSR count). The molecule has 2 heterocycles. The summed E-state index contributed by atoms with van der Waals surface area (Å²) in [6, 6.07) is 10.2. The highest BCUT2D eigenvalue weighted by Gasteiger charge is 2.18. The minimum atomic E-state index is -0.0679. The summed E-state index contributed by atoms with van der Waals surface area (Å²) in [5.74, 6) is 1.36. The van der Waals surface area contributed by atoms with Crippen LogP contribution in [0.15, 0.2) is 41.4 Å². The van der Waals surface area contributed by atoms with E-state index in [1.807, 2.05) is 25.2 Å². The fourth-order valence-corrected chi connectivity index (χ4v) is 3.89. The van der Waals surface area contributed by atoms with E-state index in [1.165, 1.54) is 17.7 Å². The Morgan fingerprint density at radius 2 is 2.24 bits per heavy atom. The number of hydrogen-bond donors (Lipinski definition) is 1. The second-order valence-electron chi connectivity index (χ2n) is 6.43. The molecule has 1 aromatic heterocycles. The van der Waals surface area contributed by atoms with Gasteiger partial charge in [-0.25, -0.2) is 0 Å². The zero-order valence-electron chi connectivity index (χ0n) is 14.6. The molecule has 1 N–H and O–H groups in total. The van der Waals surface area contributed by atoms with E-state index in [2.05, 4.69) is 27.8 Å². The van der Waals surface area contributed by atoms with Gasteiger partial charge in [-0.1, -0.05) is 23.4 Å². The van der Waals surface area contributed by atoms with Crippen molar-refractivity contribution in [2.24, 2.45) is 5.92 Å². The monoisotopic (exact) mass is 359 g/mol. The van der Waals surface area contributed by atoms with Crippen molar-refractivity contribution in [1.82, 2.24) is 25.2 Å². The summed E-state index contributed by atoms with van der Waals surface area (Å²) in [7, 11) is 1.82. The standard InChI is InChI=1S/C18H25N5OS/c1-22(10-11-25-16-7-3-2-4-8-16)18(24)17-14-23(21-20-17)13-15-6-5-9-19-12-15/h2-4,7-8,14-15,19H,5-6,9-13H2,1H3. The van der Waals surface area contributed by atoms with Crippen LogP contribution in [0.5, 0.6) is 0 Å². The highest BCUT2D eigenvalue weighted by Crippen LogP contribution is 2.17. The smallest absolute Gasteiger partial charge is 0.275 e. The maximum absolute atomic E-state index is 12.5. The van der Waals surface area contributed by atoms with Crippen LogP contribution in [-0.2, 0) is 6.54 Å². The van der Waals surface area contributed by atoms with Crippen molar-refractivity contribution in [3.63, 3.8) is 0 Å². The molecular formula is C18H25N5OS. The average Bonchev–Trinajstić information content (AvgIpc) is 3.11. The maximum atomic E-state index is 12.5. The molecule has 1 aliphatic heterocycles. The van der Waals surface area contributed by atoms with Crippen molar-refractivity contribution >= 4 is 17.7 Å². The second-order valence-corrected chi connectivity index (χ2v) is 7.59. The van der Waals surface area contributed by atoms with Crippen molar-refractivity contribution in [3.8, 4) is 0 Å². The van der Waals surface area contributed by atoms with Gasteiger partial charge in [-0.05, 0) is 44.0 Å². The lowest BCUT2D eigenvalue weighted by Crippen LogP contribution is -2.32. The zero-order valence-corrected chi connectivity index (χ0v) is 15.4. The number of rotatable bonds is 7. The molecule has 25 heavy (non-hydrogen) atoms. The molecule has 7 heteroatoms. The summed E-state index contributed by atoms with van der Waals surface area (Å²) in [6.45, 7) is 3.61. The number of carbonyl (C=O) groups is 1. The number of nitrogens with one attached hydrogen (secondary N) is 1. The van der Waals surface area contributed by atoms with Crippen molar-refractivity contribution in [3.05, 3.63) is 42.2 Å². The van der Waals surface area contributed by atoms with E-state index in [-0.39, 0.29) is 5.91 Å². The quantitative estimate of drug-likeness (QED) is 0.768. The number of amides is 1. The first-order chi connectivity index (χ1) is 12.2. The summed E-state index contributed by atoms with van der Waals surface area (Å²) < 4.78 is 1.80. The fourth-order valence-electron chi connectivity index (χ4n) is 2.94. The number of aromatic nitrogens is 3. The lowest BCUT2D eigenvalue weighted by atomic mass is 10.00. The lowest BCUT2D eigenvalue weighted by Gasteiger charge is -2.22. The van der Waals surface area contributed by atoms with Crippen LogP contribution in [0.3, 0.4) is 0 Å². The van der Waals surface area contributed by atoms with Crippen LogP contribution in [-0.4, -0.2) is 58.2 Å². The predicted octanol–water partition coefficient (Wildman–Crippen LogP) is 2.14. The van der Waals surface area contributed by atoms with Crippen molar-refractivity contribution in [1.29, 1.82) is 0 Å². The van der Waals surface area contributed by atoms with Gasteiger partial charge in [0, 0.05) is 30.8 Å². The molecule has 1 aromatic carbocycles. The van der Waals surface area contributed by atoms with E-state index in [4.69, 9.17) is 0 Å². The number of thioether (sulfide) groups is 1. The molecule has 1 unspecified atom stereocenters. The average molecular weight is 359 g/mol. The number of nitrogens with zero attached hydrogens (tertiary/aromatic N) is 4. The number of carbonyl (C=O) groups excluding carboxylic acids is 1. The molecule has 2 aromatic rings. The molecular weight excluding hydrogens is 334 g/mol. The van der Waals surface area contributed by atoms with Gasteiger partial charge in [-0.2, -0.15) is 0 Å². The highest BCUT2D eigenvalue weighted by atomic mass is 32.2. The van der Waals surface area contributed by atoms with Crippen LogP contribution in [0.25, 0.3) is 0 Å². The van der Waals surface area contributed by atoms with E-state index in [0.29, 0.717) is 18.2 Å². The van der Waals surface area contributed by atoms with E-state index in [9.17, 15) is 4.79 Å². The Balaban J connectivity index is 1.46. The molecule has 6 nitrogen and oxygen atoms in total. The Morgan fingerprint density at radius 1 is 1.40 bits per heavy atom. The second kappa shape index (κ2) is 9.01. The highest BCUT2D eigenvalue weighted by molar-refractivity contribution is 7.99. The topological polar surface area (TPSA) is 63.1 Å². The third kappa shape index (κ3) is 5.31. The third-order valence-corrected chi connectivity index (χ3v) is 5.38. The van der Waals surface area contributed by atoms with E-state index in [1.54, 1.807) is 27.5 Å². The Hall–Kier alpha value is -1.86. The van der Waals surface area contributed by atoms with E-state index < -0.39 is 0 Å². The van der Waals surface area contributed by atoms with Crippen molar-refractivity contribution in [2.45, 2.75) is 24.3 Å².